The molecule has 1 amide bonds. The van der Waals surface area contributed by atoms with Crippen molar-refractivity contribution in [1.82, 2.24) is 19.8 Å². The molecular weight excluding hydrogens is 408 g/mol. The molecule has 1 aliphatic heterocycles. The highest BCUT2D eigenvalue weighted by Gasteiger charge is 2.21. The minimum Gasteiger partial charge on any atom is -0.352 e. The first-order valence-corrected chi connectivity index (χ1v) is 11.4. The van der Waals surface area contributed by atoms with Gasteiger partial charge in [0.2, 0.25) is 5.91 Å². The minimum absolute atomic E-state index is 0.122. The highest BCUT2D eigenvalue weighted by Crippen LogP contribution is 2.24. The summed E-state index contributed by atoms with van der Waals surface area (Å²) >= 11 is 6.00. The molecule has 1 aliphatic rings. The predicted octanol–water partition coefficient (Wildman–Crippen LogP) is 4.83. The zero-order valence-electron chi connectivity index (χ0n) is 17.7. The topological polar surface area (TPSA) is 50.2 Å². The van der Waals surface area contributed by atoms with Crippen LogP contribution in [-0.2, 0) is 17.9 Å². The summed E-state index contributed by atoms with van der Waals surface area (Å²) in [7, 11) is 0. The van der Waals surface area contributed by atoms with E-state index in [1.165, 1.54) is 5.69 Å². The number of halogens is 1. The van der Waals surface area contributed by atoms with Gasteiger partial charge in [-0.2, -0.15) is 0 Å². The van der Waals surface area contributed by atoms with Gasteiger partial charge < -0.3 is 9.88 Å². The van der Waals surface area contributed by atoms with Crippen molar-refractivity contribution in [2.45, 2.75) is 38.8 Å². The van der Waals surface area contributed by atoms with Gasteiger partial charge in [-0.1, -0.05) is 23.7 Å². The Kier molecular flexibility index (Phi) is 7.39. The van der Waals surface area contributed by atoms with Crippen LogP contribution >= 0.6 is 11.6 Å². The summed E-state index contributed by atoms with van der Waals surface area (Å²) in [6.07, 6.45) is 9.64. The summed E-state index contributed by atoms with van der Waals surface area (Å²) in [4.78, 5) is 19.0. The van der Waals surface area contributed by atoms with Crippen LogP contribution in [0, 0.1) is 5.92 Å². The van der Waals surface area contributed by atoms with Crippen molar-refractivity contribution in [3.63, 3.8) is 0 Å². The summed E-state index contributed by atoms with van der Waals surface area (Å²) in [5.74, 6) is 0.745. The molecule has 0 saturated carbocycles. The molecule has 6 heteroatoms. The Morgan fingerprint density at radius 2 is 2.00 bits per heavy atom. The molecule has 3 heterocycles. The number of amides is 1. The molecule has 0 radical (unpaired) electrons. The van der Waals surface area contributed by atoms with Gasteiger partial charge in [-0.05, 0) is 80.2 Å². The average Bonchev–Trinajstić information content (AvgIpc) is 3.26. The van der Waals surface area contributed by atoms with Crippen LogP contribution in [0.3, 0.4) is 0 Å². The lowest BCUT2D eigenvalue weighted by Crippen LogP contribution is -2.34. The zero-order chi connectivity index (χ0) is 21.5. The maximum Gasteiger partial charge on any atom is 0.220 e. The maximum absolute atomic E-state index is 12.2. The second kappa shape index (κ2) is 10.6. The number of nitrogens with zero attached hydrogens (tertiary/aromatic N) is 3. The lowest BCUT2D eigenvalue weighted by atomic mass is 9.92. The number of carbonyl (C=O) groups excluding carboxylic acids is 1. The normalized spacial score (nSPS) is 15.1. The van der Waals surface area contributed by atoms with Gasteiger partial charge in [0.05, 0.1) is 11.9 Å². The third-order valence-corrected chi connectivity index (χ3v) is 6.24. The zero-order valence-corrected chi connectivity index (χ0v) is 18.5. The largest absolute Gasteiger partial charge is 0.352 e. The summed E-state index contributed by atoms with van der Waals surface area (Å²) < 4.78 is 2.21. The third kappa shape index (κ3) is 6.18. The molecule has 162 valence electrons. The number of carbonyl (C=O) groups is 1. The lowest BCUT2D eigenvalue weighted by Gasteiger charge is -2.32. The molecule has 0 bridgehead atoms. The molecule has 1 saturated heterocycles. The molecule has 1 fully saturated rings. The second-order valence-corrected chi connectivity index (χ2v) is 8.68. The van der Waals surface area contributed by atoms with Crippen molar-refractivity contribution in [1.29, 1.82) is 0 Å². The van der Waals surface area contributed by atoms with E-state index >= 15 is 0 Å². The number of hydrogen-bond donors (Lipinski definition) is 1. The fraction of sp³-hybridized carbons (Fsp3) is 0.360. The van der Waals surface area contributed by atoms with Crippen molar-refractivity contribution < 1.29 is 4.79 Å². The van der Waals surface area contributed by atoms with E-state index in [9.17, 15) is 4.79 Å². The van der Waals surface area contributed by atoms with Crippen molar-refractivity contribution in [2.75, 3.05) is 13.1 Å². The monoisotopic (exact) mass is 436 g/mol. The Morgan fingerprint density at radius 1 is 1.13 bits per heavy atom. The standard InChI is InChI=1S/C25H29ClN4O/c26-22-5-1-4-21(16-22)17-28-25(31)9-8-20-10-14-29(15-11-20)19-24-7-3-13-30(24)23-6-2-12-27-18-23/h1-7,12-13,16,18,20H,8-11,14-15,17,19H2,(H,28,31). The Bertz CT molecular complexity index is 980. The molecular formula is C25H29ClN4O. The van der Waals surface area contributed by atoms with Crippen LogP contribution in [0.5, 0.6) is 0 Å². The molecule has 0 atom stereocenters. The van der Waals surface area contributed by atoms with Crippen molar-refractivity contribution in [3.05, 3.63) is 83.4 Å². The highest BCUT2D eigenvalue weighted by molar-refractivity contribution is 6.30. The first-order chi connectivity index (χ1) is 15.2. The quantitative estimate of drug-likeness (QED) is 0.550. The Labute approximate surface area is 189 Å². The summed E-state index contributed by atoms with van der Waals surface area (Å²) in [6.45, 7) is 3.63. The molecule has 3 aromatic rings. The smallest absolute Gasteiger partial charge is 0.220 e. The summed E-state index contributed by atoms with van der Waals surface area (Å²) in [5, 5.41) is 3.71. The van der Waals surface area contributed by atoms with Crippen molar-refractivity contribution >= 4 is 17.5 Å². The Morgan fingerprint density at radius 3 is 2.77 bits per heavy atom. The van der Waals surface area contributed by atoms with Crippen LogP contribution in [0.2, 0.25) is 5.02 Å². The first kappa shape index (κ1) is 21.6. The number of nitrogens with one attached hydrogen (secondary N) is 1. The number of aromatic nitrogens is 2. The van der Waals surface area contributed by atoms with Gasteiger partial charge in [-0.25, -0.2) is 0 Å². The lowest BCUT2D eigenvalue weighted by molar-refractivity contribution is -0.121. The number of likely N-dealkylation sites (tertiary alicyclic amines) is 1. The fourth-order valence-electron chi connectivity index (χ4n) is 4.23. The molecule has 0 unspecified atom stereocenters. The van der Waals surface area contributed by atoms with Gasteiger partial charge >= 0.3 is 0 Å². The van der Waals surface area contributed by atoms with E-state index in [1.54, 1.807) is 6.20 Å². The maximum atomic E-state index is 12.2. The Balaban J connectivity index is 1.18. The second-order valence-electron chi connectivity index (χ2n) is 8.25. The van der Waals surface area contributed by atoms with Gasteiger partial charge in [0.25, 0.3) is 0 Å². The van der Waals surface area contributed by atoms with Crippen LogP contribution in [0.15, 0.2) is 67.1 Å². The average molecular weight is 437 g/mol. The van der Waals surface area contributed by atoms with Crippen LogP contribution in [0.1, 0.15) is 36.9 Å². The molecule has 5 nitrogen and oxygen atoms in total. The predicted molar refractivity (Wildman–Crippen MR) is 124 cm³/mol. The van der Waals surface area contributed by atoms with Gasteiger partial charge in [0.15, 0.2) is 0 Å². The number of pyridine rings is 1. The molecule has 2 aromatic heterocycles. The number of piperidine rings is 1. The van der Waals surface area contributed by atoms with E-state index in [-0.39, 0.29) is 5.91 Å². The van der Waals surface area contributed by atoms with E-state index in [0.29, 0.717) is 23.9 Å². The molecule has 1 N–H and O–H groups in total. The van der Waals surface area contributed by atoms with Gasteiger partial charge in [0.1, 0.15) is 0 Å². The van der Waals surface area contributed by atoms with Crippen LogP contribution < -0.4 is 5.32 Å². The summed E-state index contributed by atoms with van der Waals surface area (Å²) in [5.41, 5.74) is 3.42. The van der Waals surface area contributed by atoms with Crippen LogP contribution in [0.25, 0.3) is 5.69 Å². The van der Waals surface area contributed by atoms with Gasteiger partial charge in [-0.3, -0.25) is 14.7 Å². The SMILES string of the molecule is O=C(CCC1CCN(Cc2cccn2-c2cccnc2)CC1)NCc1cccc(Cl)c1. The van der Waals surface area contributed by atoms with Crippen LogP contribution in [-0.4, -0.2) is 33.4 Å². The highest BCUT2D eigenvalue weighted by atomic mass is 35.5. The third-order valence-electron chi connectivity index (χ3n) is 6.01. The van der Waals surface area contributed by atoms with E-state index in [2.05, 4.69) is 44.2 Å². The number of benzene rings is 1. The van der Waals surface area contributed by atoms with E-state index in [4.69, 9.17) is 11.6 Å². The summed E-state index contributed by atoms with van der Waals surface area (Å²) in [6, 6.07) is 16.0. The van der Waals surface area contributed by atoms with Crippen LogP contribution in [0.4, 0.5) is 0 Å². The van der Waals surface area contributed by atoms with E-state index in [0.717, 1.165) is 50.1 Å². The molecule has 0 spiro atoms. The number of hydrogen-bond acceptors (Lipinski definition) is 3. The van der Waals surface area contributed by atoms with Gasteiger partial charge in [-0.15, -0.1) is 0 Å². The molecule has 0 aliphatic carbocycles. The van der Waals surface area contributed by atoms with Crippen molar-refractivity contribution in [2.24, 2.45) is 5.92 Å². The van der Waals surface area contributed by atoms with Gasteiger partial charge in [0, 0.05) is 42.6 Å². The van der Waals surface area contributed by atoms with E-state index in [1.807, 2.05) is 36.5 Å². The van der Waals surface area contributed by atoms with Crippen molar-refractivity contribution in [3.8, 4) is 5.69 Å². The molecule has 4 rings (SSSR count). The number of rotatable bonds is 8. The molecule has 31 heavy (non-hydrogen) atoms. The van der Waals surface area contributed by atoms with E-state index < -0.39 is 0 Å². The minimum atomic E-state index is 0.122. The first-order valence-electron chi connectivity index (χ1n) is 11.0. The molecule has 1 aromatic carbocycles. The Hall–Kier alpha value is -2.63. The fourth-order valence-corrected chi connectivity index (χ4v) is 4.44.